The maximum atomic E-state index is 14.1. The number of halogens is 3. The molecule has 24 heavy (non-hydrogen) atoms. The minimum atomic E-state index is -0.479. The highest BCUT2D eigenvalue weighted by atomic mass is 35.5. The van der Waals surface area contributed by atoms with Gasteiger partial charge in [-0.3, -0.25) is 9.69 Å². The van der Waals surface area contributed by atoms with Crippen LogP contribution in [0, 0.1) is 5.82 Å². The number of carbonyl (C=O) groups excluding carboxylic acids is 1. The summed E-state index contributed by atoms with van der Waals surface area (Å²) in [4.78, 5) is 22.3. The Balaban J connectivity index is 1.97. The lowest BCUT2D eigenvalue weighted by Crippen LogP contribution is -2.34. The van der Waals surface area contributed by atoms with E-state index in [1.807, 2.05) is 0 Å². The zero-order valence-electron chi connectivity index (χ0n) is 12.9. The first-order valence-electron chi connectivity index (χ1n) is 7.74. The standard InChI is InChI=1S/C17H16Cl2FN3O/c18-8-16(24)23(10-12-13(19)5-3-6-14(12)20)17-21-9-11-4-1-2-7-15(11)22-17/h3,5-6,9H,1-2,4,7-8,10H2. The molecule has 2 aromatic rings. The Morgan fingerprint density at radius 2 is 2.08 bits per heavy atom. The molecule has 0 spiro atoms. The molecule has 1 aliphatic carbocycles. The fourth-order valence-corrected chi connectivity index (χ4v) is 3.15. The van der Waals surface area contributed by atoms with E-state index < -0.39 is 11.7 Å². The lowest BCUT2D eigenvalue weighted by Gasteiger charge is -2.23. The van der Waals surface area contributed by atoms with Crippen molar-refractivity contribution in [2.75, 3.05) is 10.8 Å². The Labute approximate surface area is 149 Å². The Bertz CT molecular complexity index is 749. The van der Waals surface area contributed by atoms with E-state index in [1.165, 1.54) is 17.0 Å². The monoisotopic (exact) mass is 367 g/mol. The minimum Gasteiger partial charge on any atom is -0.275 e. The van der Waals surface area contributed by atoms with E-state index in [-0.39, 0.29) is 29.0 Å². The lowest BCUT2D eigenvalue weighted by atomic mass is 9.98. The molecular weight excluding hydrogens is 352 g/mol. The highest BCUT2D eigenvalue weighted by molar-refractivity contribution is 6.31. The van der Waals surface area contributed by atoms with E-state index >= 15 is 0 Å². The van der Waals surface area contributed by atoms with Gasteiger partial charge in [-0.05, 0) is 43.4 Å². The van der Waals surface area contributed by atoms with Gasteiger partial charge >= 0.3 is 0 Å². The Morgan fingerprint density at radius 1 is 1.29 bits per heavy atom. The first-order chi connectivity index (χ1) is 11.6. The number of benzene rings is 1. The van der Waals surface area contributed by atoms with E-state index in [4.69, 9.17) is 23.2 Å². The number of rotatable bonds is 4. The summed E-state index contributed by atoms with van der Waals surface area (Å²) in [5.74, 6) is -0.882. The molecule has 1 amide bonds. The van der Waals surface area contributed by atoms with E-state index in [0.717, 1.165) is 36.9 Å². The summed E-state index contributed by atoms with van der Waals surface area (Å²) in [5.41, 5.74) is 2.27. The quantitative estimate of drug-likeness (QED) is 0.769. The molecule has 0 aliphatic heterocycles. The molecule has 0 fully saturated rings. The van der Waals surface area contributed by atoms with Crippen LogP contribution in [0.3, 0.4) is 0 Å². The zero-order valence-corrected chi connectivity index (χ0v) is 14.4. The molecule has 0 unspecified atom stereocenters. The number of amides is 1. The smallest absolute Gasteiger partial charge is 0.244 e. The van der Waals surface area contributed by atoms with Gasteiger partial charge in [0.1, 0.15) is 11.7 Å². The summed E-state index contributed by atoms with van der Waals surface area (Å²) >= 11 is 11.8. The van der Waals surface area contributed by atoms with Gasteiger partial charge in [0.05, 0.1) is 6.54 Å². The third kappa shape index (κ3) is 3.52. The molecular formula is C17H16Cl2FN3O. The molecule has 0 saturated heterocycles. The van der Waals surface area contributed by atoms with Crippen molar-refractivity contribution in [2.45, 2.75) is 32.2 Å². The van der Waals surface area contributed by atoms with Crippen molar-refractivity contribution in [3.05, 3.63) is 52.1 Å². The number of aryl methyl sites for hydroxylation is 2. The van der Waals surface area contributed by atoms with Crippen molar-refractivity contribution in [1.82, 2.24) is 9.97 Å². The van der Waals surface area contributed by atoms with Crippen molar-refractivity contribution >= 4 is 35.1 Å². The molecule has 7 heteroatoms. The second kappa shape index (κ2) is 7.45. The largest absolute Gasteiger partial charge is 0.275 e. The summed E-state index contributed by atoms with van der Waals surface area (Å²) < 4.78 is 14.1. The second-order valence-corrected chi connectivity index (χ2v) is 6.34. The molecule has 0 bridgehead atoms. The predicted octanol–water partition coefficient (Wildman–Crippen LogP) is 3.92. The fraction of sp³-hybridized carbons (Fsp3) is 0.353. The van der Waals surface area contributed by atoms with Crippen LogP contribution in [-0.2, 0) is 24.2 Å². The van der Waals surface area contributed by atoms with Crippen molar-refractivity contribution in [3.63, 3.8) is 0 Å². The summed E-state index contributed by atoms with van der Waals surface area (Å²) in [5, 5.41) is 0.250. The predicted molar refractivity (Wildman–Crippen MR) is 92.0 cm³/mol. The van der Waals surface area contributed by atoms with Crippen LogP contribution < -0.4 is 4.90 Å². The SMILES string of the molecule is O=C(CCl)N(Cc1c(F)cccc1Cl)c1ncc2c(n1)CCCC2. The zero-order chi connectivity index (χ0) is 17.1. The van der Waals surface area contributed by atoms with Crippen molar-refractivity contribution < 1.29 is 9.18 Å². The van der Waals surface area contributed by atoms with E-state index in [2.05, 4.69) is 9.97 Å². The van der Waals surface area contributed by atoms with Gasteiger partial charge in [0.2, 0.25) is 11.9 Å². The van der Waals surface area contributed by atoms with Gasteiger partial charge < -0.3 is 0 Å². The highest BCUT2D eigenvalue weighted by Gasteiger charge is 2.23. The number of hydrogen-bond acceptors (Lipinski definition) is 3. The van der Waals surface area contributed by atoms with Crippen LogP contribution in [0.2, 0.25) is 5.02 Å². The summed E-state index contributed by atoms with van der Waals surface area (Å²) in [7, 11) is 0. The summed E-state index contributed by atoms with van der Waals surface area (Å²) in [6, 6.07) is 4.40. The number of fused-ring (bicyclic) bond motifs is 1. The number of anilines is 1. The molecule has 1 aromatic carbocycles. The van der Waals surface area contributed by atoms with Gasteiger partial charge in [0, 0.05) is 22.5 Å². The van der Waals surface area contributed by atoms with Crippen LogP contribution in [-0.4, -0.2) is 21.8 Å². The number of alkyl halides is 1. The molecule has 1 aliphatic rings. The number of nitrogens with zero attached hydrogens (tertiary/aromatic N) is 3. The van der Waals surface area contributed by atoms with Gasteiger partial charge in [0.25, 0.3) is 0 Å². The van der Waals surface area contributed by atoms with Crippen LogP contribution >= 0.6 is 23.2 Å². The average molecular weight is 368 g/mol. The Hall–Kier alpha value is -1.72. The topological polar surface area (TPSA) is 46.1 Å². The van der Waals surface area contributed by atoms with Gasteiger partial charge in [-0.15, -0.1) is 11.6 Å². The van der Waals surface area contributed by atoms with Gasteiger partial charge in [-0.2, -0.15) is 0 Å². The maximum Gasteiger partial charge on any atom is 0.244 e. The molecule has 0 radical (unpaired) electrons. The first-order valence-corrected chi connectivity index (χ1v) is 8.65. The van der Waals surface area contributed by atoms with Crippen LogP contribution in [0.25, 0.3) is 0 Å². The van der Waals surface area contributed by atoms with Crippen molar-refractivity contribution in [2.24, 2.45) is 0 Å². The number of aromatic nitrogens is 2. The van der Waals surface area contributed by atoms with E-state index in [0.29, 0.717) is 0 Å². The second-order valence-electron chi connectivity index (χ2n) is 5.66. The molecule has 3 rings (SSSR count). The van der Waals surface area contributed by atoms with Crippen LogP contribution in [0.5, 0.6) is 0 Å². The molecule has 0 atom stereocenters. The van der Waals surface area contributed by atoms with E-state index in [9.17, 15) is 9.18 Å². The number of carbonyl (C=O) groups is 1. The maximum absolute atomic E-state index is 14.1. The Kier molecular flexibility index (Phi) is 5.31. The van der Waals surface area contributed by atoms with Crippen LogP contribution in [0.15, 0.2) is 24.4 Å². The molecule has 1 aromatic heterocycles. The van der Waals surface area contributed by atoms with Crippen molar-refractivity contribution in [3.8, 4) is 0 Å². The Morgan fingerprint density at radius 3 is 2.83 bits per heavy atom. The first kappa shape index (κ1) is 17.1. The summed E-state index contributed by atoms with van der Waals surface area (Å²) in [6.07, 6.45) is 5.72. The van der Waals surface area contributed by atoms with Gasteiger partial charge in [-0.1, -0.05) is 17.7 Å². The fourth-order valence-electron chi connectivity index (χ4n) is 2.78. The molecule has 0 saturated carbocycles. The van der Waals surface area contributed by atoms with Crippen LogP contribution in [0.1, 0.15) is 29.7 Å². The average Bonchev–Trinajstić information content (AvgIpc) is 2.60. The molecule has 4 nitrogen and oxygen atoms in total. The third-order valence-corrected chi connectivity index (χ3v) is 4.67. The normalized spacial score (nSPS) is 13.5. The summed E-state index contributed by atoms with van der Waals surface area (Å²) in [6.45, 7) is -0.0597. The molecule has 1 heterocycles. The van der Waals surface area contributed by atoms with E-state index in [1.54, 1.807) is 12.3 Å². The minimum absolute atomic E-state index is 0.0597. The van der Waals surface area contributed by atoms with Gasteiger partial charge in [-0.25, -0.2) is 14.4 Å². The molecule has 126 valence electrons. The lowest BCUT2D eigenvalue weighted by molar-refractivity contribution is -0.116. The molecule has 0 N–H and O–H groups in total. The van der Waals surface area contributed by atoms with Crippen molar-refractivity contribution in [1.29, 1.82) is 0 Å². The van der Waals surface area contributed by atoms with Gasteiger partial charge in [0.15, 0.2) is 0 Å². The highest BCUT2D eigenvalue weighted by Crippen LogP contribution is 2.25. The third-order valence-electron chi connectivity index (χ3n) is 4.09. The van der Waals surface area contributed by atoms with Crippen LogP contribution in [0.4, 0.5) is 10.3 Å². The number of hydrogen-bond donors (Lipinski definition) is 0.